The van der Waals surface area contributed by atoms with Crippen molar-refractivity contribution in [3.63, 3.8) is 0 Å². The van der Waals surface area contributed by atoms with E-state index in [1.807, 2.05) is 72.7 Å². The molecule has 0 spiro atoms. The van der Waals surface area contributed by atoms with Crippen molar-refractivity contribution < 1.29 is 23.8 Å². The summed E-state index contributed by atoms with van der Waals surface area (Å²) in [6, 6.07) is 11.5. The molecule has 1 aliphatic rings. The minimum Gasteiger partial charge on any atom is -0.467 e. The first-order chi connectivity index (χ1) is 16.9. The van der Waals surface area contributed by atoms with Crippen LogP contribution in [0.1, 0.15) is 65.2 Å². The molecule has 2 aromatic carbocycles. The minimum absolute atomic E-state index is 0.242. The van der Waals surface area contributed by atoms with Gasteiger partial charge in [-0.3, -0.25) is 4.79 Å². The molecule has 3 aromatic rings. The van der Waals surface area contributed by atoms with Crippen LogP contribution in [-0.2, 0) is 14.3 Å². The van der Waals surface area contributed by atoms with E-state index in [1.54, 1.807) is 12.1 Å². The molecule has 0 radical (unpaired) electrons. The van der Waals surface area contributed by atoms with Gasteiger partial charge in [0.1, 0.15) is 5.56 Å². The average molecular weight is 489 g/mol. The van der Waals surface area contributed by atoms with Crippen molar-refractivity contribution in [3.8, 4) is 22.8 Å². The number of hydrogen-bond donors (Lipinski definition) is 1. The average Bonchev–Trinajstić information content (AvgIpc) is 2.95. The van der Waals surface area contributed by atoms with Gasteiger partial charge in [0.05, 0.1) is 18.4 Å². The van der Waals surface area contributed by atoms with Gasteiger partial charge in [-0.25, -0.2) is 9.78 Å². The normalized spacial score (nSPS) is 13.6. The van der Waals surface area contributed by atoms with Crippen molar-refractivity contribution in [1.29, 1.82) is 0 Å². The van der Waals surface area contributed by atoms with Gasteiger partial charge in [0.25, 0.3) is 5.91 Å². The minimum atomic E-state index is -1.03. The lowest BCUT2D eigenvalue weighted by atomic mass is 9.86. The van der Waals surface area contributed by atoms with Crippen LogP contribution in [0.3, 0.4) is 0 Å². The fourth-order valence-corrected chi connectivity index (χ4v) is 4.44. The molecule has 36 heavy (non-hydrogen) atoms. The molecule has 1 aliphatic heterocycles. The number of benzene rings is 2. The molecule has 4 rings (SSSR count). The molecule has 2 heterocycles. The predicted molar refractivity (Wildman–Crippen MR) is 139 cm³/mol. The first kappa shape index (κ1) is 25.4. The molecule has 7 heteroatoms. The Hall–Kier alpha value is -3.71. The molecular formula is C29H32N2O5. The van der Waals surface area contributed by atoms with E-state index < -0.39 is 17.7 Å². The number of carbonyl (C=O) groups is 2. The van der Waals surface area contributed by atoms with Gasteiger partial charge in [-0.1, -0.05) is 29.8 Å². The number of amides is 1. The highest BCUT2D eigenvalue weighted by Gasteiger charge is 2.36. The van der Waals surface area contributed by atoms with Gasteiger partial charge in [-0.15, -0.1) is 0 Å². The molecule has 0 fully saturated rings. The molecule has 1 atom stereocenters. The number of nitrogens with one attached hydrogen (secondary N) is 1. The van der Waals surface area contributed by atoms with Crippen molar-refractivity contribution in [2.75, 3.05) is 12.4 Å². The van der Waals surface area contributed by atoms with Gasteiger partial charge >= 0.3 is 5.97 Å². The first-order valence-corrected chi connectivity index (χ1v) is 11.9. The Kier molecular flexibility index (Phi) is 6.62. The molecule has 7 nitrogen and oxygen atoms in total. The zero-order chi connectivity index (χ0) is 26.4. The second kappa shape index (κ2) is 9.39. The highest BCUT2D eigenvalue weighted by Crippen LogP contribution is 2.49. The van der Waals surface area contributed by atoms with E-state index in [1.165, 1.54) is 7.11 Å². The van der Waals surface area contributed by atoms with Gasteiger partial charge < -0.3 is 19.5 Å². The molecule has 1 N–H and O–H groups in total. The summed E-state index contributed by atoms with van der Waals surface area (Å²) in [5.74, 6) is -0.135. The standard InChI is InChI=1S/C29H32N2O5/c1-15-9-12-19(13-10-15)21-18(4)24-23(31-26(32)20-14-11-16(2)30-27(20)35-24)17(3)22(21)25(28(33)34-8)36-29(5,6)7/h9-14,25H,1-8H3,(H,31,32)/t25-/m0/s1. The summed E-state index contributed by atoms with van der Waals surface area (Å²) in [5.41, 5.74) is 5.72. The summed E-state index contributed by atoms with van der Waals surface area (Å²) in [6.07, 6.45) is -1.03. The van der Waals surface area contributed by atoms with Crippen LogP contribution in [0.2, 0.25) is 0 Å². The smallest absolute Gasteiger partial charge is 0.339 e. The Balaban J connectivity index is 2.07. The number of rotatable bonds is 4. The fraction of sp³-hybridized carbons (Fsp3) is 0.345. The van der Waals surface area contributed by atoms with Crippen LogP contribution in [0, 0.1) is 27.7 Å². The number of aryl methyl sites for hydroxylation is 2. The maximum atomic E-state index is 13.2. The Labute approximate surface area is 211 Å². The van der Waals surface area contributed by atoms with Crippen LogP contribution in [0.25, 0.3) is 11.1 Å². The quantitative estimate of drug-likeness (QED) is 0.430. The van der Waals surface area contributed by atoms with Crippen molar-refractivity contribution >= 4 is 17.6 Å². The topological polar surface area (TPSA) is 86.8 Å². The lowest BCUT2D eigenvalue weighted by molar-refractivity contribution is -0.164. The zero-order valence-corrected chi connectivity index (χ0v) is 22.0. The van der Waals surface area contributed by atoms with Crippen LogP contribution in [0.15, 0.2) is 36.4 Å². The van der Waals surface area contributed by atoms with Gasteiger partial charge in [0.2, 0.25) is 5.88 Å². The monoisotopic (exact) mass is 488 g/mol. The number of fused-ring (bicyclic) bond motifs is 2. The number of esters is 1. The van der Waals surface area contributed by atoms with E-state index in [0.29, 0.717) is 28.1 Å². The van der Waals surface area contributed by atoms with E-state index in [2.05, 4.69) is 10.3 Å². The number of aromatic nitrogens is 1. The Morgan fingerprint density at radius 3 is 2.28 bits per heavy atom. The molecule has 0 unspecified atom stereocenters. The molecule has 0 bridgehead atoms. The van der Waals surface area contributed by atoms with E-state index in [0.717, 1.165) is 27.9 Å². The van der Waals surface area contributed by atoms with Gasteiger partial charge in [-0.2, -0.15) is 0 Å². The molecule has 0 saturated carbocycles. The van der Waals surface area contributed by atoms with Gasteiger partial charge in [0.15, 0.2) is 11.9 Å². The van der Waals surface area contributed by atoms with Crippen LogP contribution in [-0.4, -0.2) is 29.6 Å². The Morgan fingerprint density at radius 2 is 1.67 bits per heavy atom. The number of methoxy groups -OCH3 is 1. The molecule has 0 saturated heterocycles. The summed E-state index contributed by atoms with van der Waals surface area (Å²) < 4.78 is 17.8. The van der Waals surface area contributed by atoms with Crippen LogP contribution < -0.4 is 10.1 Å². The predicted octanol–water partition coefficient (Wildman–Crippen LogP) is 6.37. The molecule has 188 valence electrons. The van der Waals surface area contributed by atoms with E-state index >= 15 is 0 Å². The second-order valence-corrected chi connectivity index (χ2v) is 10.1. The molecular weight excluding hydrogens is 456 g/mol. The van der Waals surface area contributed by atoms with E-state index in [9.17, 15) is 9.59 Å². The third-order valence-corrected chi connectivity index (χ3v) is 6.16. The first-order valence-electron chi connectivity index (χ1n) is 11.9. The van der Waals surface area contributed by atoms with Crippen molar-refractivity contribution in [2.45, 2.75) is 60.2 Å². The van der Waals surface area contributed by atoms with Crippen LogP contribution in [0.5, 0.6) is 11.6 Å². The molecule has 0 aliphatic carbocycles. The van der Waals surface area contributed by atoms with E-state index in [-0.39, 0.29) is 11.8 Å². The van der Waals surface area contributed by atoms with Gasteiger partial charge in [0, 0.05) is 16.8 Å². The Bertz CT molecular complexity index is 1350. The third-order valence-electron chi connectivity index (χ3n) is 6.16. The van der Waals surface area contributed by atoms with Crippen molar-refractivity contribution in [1.82, 2.24) is 4.98 Å². The molecule has 1 amide bonds. The number of ether oxygens (including phenoxy) is 3. The van der Waals surface area contributed by atoms with Crippen molar-refractivity contribution in [2.24, 2.45) is 0 Å². The summed E-state index contributed by atoms with van der Waals surface area (Å²) >= 11 is 0. The number of pyridine rings is 1. The lowest BCUT2D eigenvalue weighted by Gasteiger charge is -2.31. The Morgan fingerprint density at radius 1 is 1.00 bits per heavy atom. The maximum absolute atomic E-state index is 13.2. The second-order valence-electron chi connectivity index (χ2n) is 10.1. The van der Waals surface area contributed by atoms with Crippen LogP contribution >= 0.6 is 0 Å². The molecule has 1 aromatic heterocycles. The summed E-state index contributed by atoms with van der Waals surface area (Å²) in [5, 5.41) is 3.00. The fourth-order valence-electron chi connectivity index (χ4n) is 4.44. The number of hydrogen-bond acceptors (Lipinski definition) is 6. The maximum Gasteiger partial charge on any atom is 0.339 e. The lowest BCUT2D eigenvalue weighted by Crippen LogP contribution is -2.29. The number of nitrogens with zero attached hydrogens (tertiary/aromatic N) is 1. The summed E-state index contributed by atoms with van der Waals surface area (Å²) in [6.45, 7) is 13.3. The zero-order valence-electron chi connectivity index (χ0n) is 22.0. The highest BCUT2D eigenvalue weighted by molar-refractivity contribution is 6.09. The largest absolute Gasteiger partial charge is 0.467 e. The summed E-state index contributed by atoms with van der Waals surface area (Å²) in [7, 11) is 1.34. The summed E-state index contributed by atoms with van der Waals surface area (Å²) in [4.78, 5) is 30.8. The van der Waals surface area contributed by atoms with Crippen LogP contribution in [0.4, 0.5) is 5.69 Å². The van der Waals surface area contributed by atoms with Gasteiger partial charge in [-0.05, 0) is 77.3 Å². The third kappa shape index (κ3) is 4.71. The number of anilines is 1. The SMILES string of the molecule is COC(=O)[C@@H](OC(C)(C)C)c1c(C)c2c(c(C)c1-c1ccc(C)cc1)Oc1nc(C)ccc1C(=O)N2. The van der Waals surface area contributed by atoms with Crippen molar-refractivity contribution in [3.05, 3.63) is 69.9 Å². The highest BCUT2D eigenvalue weighted by atomic mass is 16.6. The van der Waals surface area contributed by atoms with E-state index in [4.69, 9.17) is 14.2 Å². The number of carbonyl (C=O) groups excluding carboxylic acids is 2.